The fourth-order valence-corrected chi connectivity index (χ4v) is 2.87. The predicted molar refractivity (Wildman–Crippen MR) is 68.6 cm³/mol. The molecular weight excluding hydrogens is 322 g/mol. The van der Waals surface area contributed by atoms with E-state index in [0.29, 0.717) is 0 Å². The number of aryl methyl sites for hydroxylation is 1. The van der Waals surface area contributed by atoms with Crippen molar-refractivity contribution in [2.75, 3.05) is 11.4 Å². The predicted octanol–water partition coefficient (Wildman–Crippen LogP) is 3.26. The standard InChI is InChI=1S/C11H11Br2NO/c1-7-2-3-10(9(13)6-7)14-5-4-8(12)11(14)15/h2-3,6,8H,4-5H2,1H3. The van der Waals surface area contributed by atoms with E-state index in [2.05, 4.69) is 31.9 Å². The molecule has 1 atom stereocenters. The molecule has 4 heteroatoms. The van der Waals surface area contributed by atoms with Gasteiger partial charge in [-0.1, -0.05) is 22.0 Å². The molecule has 0 spiro atoms. The number of alkyl halides is 1. The Morgan fingerprint density at radius 3 is 2.73 bits per heavy atom. The number of carbonyl (C=O) groups excluding carboxylic acids is 1. The molecule has 1 aromatic carbocycles. The van der Waals surface area contributed by atoms with Crippen molar-refractivity contribution < 1.29 is 4.79 Å². The van der Waals surface area contributed by atoms with Gasteiger partial charge in [0.05, 0.1) is 10.5 Å². The zero-order chi connectivity index (χ0) is 11.0. The summed E-state index contributed by atoms with van der Waals surface area (Å²) in [5.41, 5.74) is 2.15. The van der Waals surface area contributed by atoms with Gasteiger partial charge in [0.1, 0.15) is 0 Å². The summed E-state index contributed by atoms with van der Waals surface area (Å²) in [4.78, 5) is 13.6. The molecule has 1 fully saturated rings. The van der Waals surface area contributed by atoms with Crippen LogP contribution in [0.15, 0.2) is 22.7 Å². The van der Waals surface area contributed by atoms with Crippen molar-refractivity contribution in [3.05, 3.63) is 28.2 Å². The molecule has 0 aromatic heterocycles. The van der Waals surface area contributed by atoms with Crippen molar-refractivity contribution in [2.45, 2.75) is 18.2 Å². The number of benzene rings is 1. The van der Waals surface area contributed by atoms with E-state index in [0.717, 1.165) is 23.1 Å². The Hall–Kier alpha value is -0.350. The summed E-state index contributed by atoms with van der Waals surface area (Å²) >= 11 is 6.87. The maximum atomic E-state index is 11.8. The third-order valence-corrected chi connectivity index (χ3v) is 4.02. The third kappa shape index (κ3) is 2.11. The number of hydrogen-bond acceptors (Lipinski definition) is 1. The number of rotatable bonds is 1. The van der Waals surface area contributed by atoms with E-state index in [4.69, 9.17) is 0 Å². The van der Waals surface area contributed by atoms with Crippen LogP contribution in [0.1, 0.15) is 12.0 Å². The van der Waals surface area contributed by atoms with Crippen LogP contribution >= 0.6 is 31.9 Å². The van der Waals surface area contributed by atoms with Gasteiger partial charge in [-0.3, -0.25) is 4.79 Å². The van der Waals surface area contributed by atoms with Crippen molar-refractivity contribution in [1.29, 1.82) is 0 Å². The fourth-order valence-electron chi connectivity index (χ4n) is 1.72. The Kier molecular flexibility index (Phi) is 3.16. The summed E-state index contributed by atoms with van der Waals surface area (Å²) in [6, 6.07) is 6.04. The molecule has 0 radical (unpaired) electrons. The summed E-state index contributed by atoms with van der Waals surface area (Å²) < 4.78 is 0.984. The SMILES string of the molecule is Cc1ccc(N2CCC(Br)C2=O)c(Br)c1. The zero-order valence-electron chi connectivity index (χ0n) is 8.34. The number of carbonyl (C=O) groups is 1. The lowest BCUT2D eigenvalue weighted by Crippen LogP contribution is -2.27. The summed E-state index contributed by atoms with van der Waals surface area (Å²) in [5.74, 6) is 0.152. The molecule has 0 bridgehead atoms. The van der Waals surface area contributed by atoms with E-state index in [9.17, 15) is 4.79 Å². The van der Waals surface area contributed by atoms with Crippen molar-refractivity contribution in [1.82, 2.24) is 0 Å². The second-order valence-electron chi connectivity index (χ2n) is 3.70. The minimum absolute atomic E-state index is 0.0225. The first-order valence-corrected chi connectivity index (χ1v) is 6.52. The Balaban J connectivity index is 2.34. The van der Waals surface area contributed by atoms with Gasteiger partial charge >= 0.3 is 0 Å². The Labute approximate surface area is 106 Å². The largest absolute Gasteiger partial charge is 0.310 e. The first-order chi connectivity index (χ1) is 7.09. The highest BCUT2D eigenvalue weighted by Crippen LogP contribution is 2.32. The van der Waals surface area contributed by atoms with Gasteiger partial charge in [0.25, 0.3) is 0 Å². The third-order valence-electron chi connectivity index (χ3n) is 2.53. The van der Waals surface area contributed by atoms with Gasteiger partial charge in [0.2, 0.25) is 5.91 Å². The first-order valence-electron chi connectivity index (χ1n) is 4.81. The van der Waals surface area contributed by atoms with Crippen LogP contribution in [-0.2, 0) is 4.79 Å². The van der Waals surface area contributed by atoms with E-state index in [1.165, 1.54) is 5.56 Å². The van der Waals surface area contributed by atoms with Gasteiger partial charge in [-0.15, -0.1) is 0 Å². The van der Waals surface area contributed by atoms with E-state index in [1.54, 1.807) is 0 Å². The van der Waals surface area contributed by atoms with Gasteiger partial charge in [-0.25, -0.2) is 0 Å². The Morgan fingerprint density at radius 1 is 1.47 bits per heavy atom. The summed E-state index contributed by atoms with van der Waals surface area (Å²) in [6.45, 7) is 2.82. The molecule has 1 aliphatic heterocycles. The summed E-state index contributed by atoms with van der Waals surface area (Å²) in [5, 5.41) is 0. The van der Waals surface area contributed by atoms with Crippen LogP contribution < -0.4 is 4.90 Å². The molecule has 1 saturated heterocycles. The fraction of sp³-hybridized carbons (Fsp3) is 0.364. The van der Waals surface area contributed by atoms with Crippen LogP contribution in [-0.4, -0.2) is 17.3 Å². The van der Waals surface area contributed by atoms with Gasteiger partial charge in [0, 0.05) is 11.0 Å². The number of halogens is 2. The monoisotopic (exact) mass is 331 g/mol. The zero-order valence-corrected chi connectivity index (χ0v) is 11.5. The van der Waals surface area contributed by atoms with Crippen molar-refractivity contribution in [2.24, 2.45) is 0 Å². The van der Waals surface area contributed by atoms with Gasteiger partial charge in [0.15, 0.2) is 0 Å². The number of nitrogens with zero attached hydrogens (tertiary/aromatic N) is 1. The minimum Gasteiger partial charge on any atom is -0.310 e. The highest BCUT2D eigenvalue weighted by atomic mass is 79.9. The average molecular weight is 333 g/mol. The highest BCUT2D eigenvalue weighted by Gasteiger charge is 2.31. The number of amides is 1. The van der Waals surface area contributed by atoms with Crippen LogP contribution in [0.5, 0.6) is 0 Å². The van der Waals surface area contributed by atoms with Gasteiger partial charge < -0.3 is 4.90 Å². The molecule has 1 aliphatic rings. The second-order valence-corrected chi connectivity index (χ2v) is 5.66. The van der Waals surface area contributed by atoms with Crippen molar-refractivity contribution >= 4 is 43.5 Å². The molecule has 15 heavy (non-hydrogen) atoms. The first kappa shape index (κ1) is 11.1. The summed E-state index contributed by atoms with van der Waals surface area (Å²) in [7, 11) is 0. The molecule has 80 valence electrons. The lowest BCUT2D eigenvalue weighted by molar-refractivity contribution is -0.116. The molecule has 2 rings (SSSR count). The molecule has 0 aliphatic carbocycles. The molecule has 0 N–H and O–H groups in total. The van der Waals surface area contributed by atoms with Gasteiger partial charge in [-0.05, 0) is 47.0 Å². The van der Waals surface area contributed by atoms with Crippen LogP contribution in [0.4, 0.5) is 5.69 Å². The lowest BCUT2D eigenvalue weighted by atomic mass is 10.2. The normalized spacial score (nSPS) is 21.1. The van der Waals surface area contributed by atoms with Crippen molar-refractivity contribution in [3.63, 3.8) is 0 Å². The molecule has 1 unspecified atom stereocenters. The molecule has 1 amide bonds. The molecular formula is C11H11Br2NO. The molecule has 0 saturated carbocycles. The summed E-state index contributed by atoms with van der Waals surface area (Å²) in [6.07, 6.45) is 0.874. The smallest absolute Gasteiger partial charge is 0.240 e. The Bertz CT molecular complexity index is 406. The van der Waals surface area contributed by atoms with E-state index < -0.39 is 0 Å². The quantitative estimate of drug-likeness (QED) is 0.723. The average Bonchev–Trinajstić information content (AvgIpc) is 2.49. The van der Waals surface area contributed by atoms with Crippen molar-refractivity contribution in [3.8, 4) is 0 Å². The molecule has 1 aromatic rings. The highest BCUT2D eigenvalue weighted by molar-refractivity contribution is 9.10. The maximum Gasteiger partial charge on any atom is 0.240 e. The minimum atomic E-state index is -0.0225. The van der Waals surface area contributed by atoms with Crippen LogP contribution in [0.3, 0.4) is 0 Å². The van der Waals surface area contributed by atoms with Gasteiger partial charge in [-0.2, -0.15) is 0 Å². The maximum absolute atomic E-state index is 11.8. The number of hydrogen-bond donors (Lipinski definition) is 0. The van der Waals surface area contributed by atoms with Crippen LogP contribution in [0, 0.1) is 6.92 Å². The van der Waals surface area contributed by atoms with E-state index >= 15 is 0 Å². The molecule has 2 nitrogen and oxygen atoms in total. The Morgan fingerprint density at radius 2 is 2.20 bits per heavy atom. The van der Waals surface area contributed by atoms with Crippen LogP contribution in [0.25, 0.3) is 0 Å². The topological polar surface area (TPSA) is 20.3 Å². The second kappa shape index (κ2) is 4.26. The van der Waals surface area contributed by atoms with Crippen LogP contribution in [0.2, 0.25) is 0 Å². The van der Waals surface area contributed by atoms with E-state index in [1.807, 2.05) is 30.0 Å². The van der Waals surface area contributed by atoms with E-state index in [-0.39, 0.29) is 10.7 Å². The number of anilines is 1. The molecule has 1 heterocycles. The lowest BCUT2D eigenvalue weighted by Gasteiger charge is -2.17.